The van der Waals surface area contributed by atoms with Crippen molar-refractivity contribution in [3.05, 3.63) is 106 Å². The minimum atomic E-state index is -0.724. The Labute approximate surface area is 188 Å². The number of nitrogens with one attached hydrogen (secondary N) is 2. The average Bonchev–Trinajstić information content (AvgIpc) is 3.29. The predicted octanol–water partition coefficient (Wildman–Crippen LogP) is 2.85. The standard InChI is InChI=1S/C23H18N6O4/c30-20(15-17-11-7-8-14-19(17)29(32)33)25-26-23(31)21-24-22(16-9-3-1-4-10-16)28(27-21)18-12-5-2-6-13-18/h1-14H,15H2,(H,25,30)(H,26,31). The van der Waals surface area contributed by atoms with Crippen molar-refractivity contribution in [1.82, 2.24) is 25.6 Å². The van der Waals surface area contributed by atoms with Crippen LogP contribution in [0.5, 0.6) is 0 Å². The first-order chi connectivity index (χ1) is 16.0. The third-order valence-corrected chi connectivity index (χ3v) is 4.70. The average molecular weight is 442 g/mol. The molecule has 0 bridgehead atoms. The van der Waals surface area contributed by atoms with Crippen LogP contribution in [0.3, 0.4) is 0 Å². The van der Waals surface area contributed by atoms with Crippen LogP contribution in [-0.4, -0.2) is 31.5 Å². The lowest BCUT2D eigenvalue weighted by Crippen LogP contribution is -2.42. The summed E-state index contributed by atoms with van der Waals surface area (Å²) in [4.78, 5) is 39.8. The molecule has 2 N–H and O–H groups in total. The Kier molecular flexibility index (Phi) is 6.17. The Bertz CT molecular complexity index is 1250. The smallest absolute Gasteiger partial charge is 0.273 e. The lowest BCUT2D eigenvalue weighted by Gasteiger charge is -2.06. The molecule has 10 nitrogen and oxygen atoms in total. The quantitative estimate of drug-likeness (QED) is 0.349. The number of aromatic nitrogens is 3. The molecule has 4 aromatic rings. The monoisotopic (exact) mass is 442 g/mol. The number of benzene rings is 3. The topological polar surface area (TPSA) is 132 Å². The Morgan fingerprint density at radius 2 is 1.52 bits per heavy atom. The minimum Gasteiger partial charge on any atom is -0.273 e. The first-order valence-corrected chi connectivity index (χ1v) is 9.92. The first-order valence-electron chi connectivity index (χ1n) is 9.92. The van der Waals surface area contributed by atoms with Gasteiger partial charge in [0.25, 0.3) is 5.69 Å². The molecule has 4 rings (SSSR count). The van der Waals surface area contributed by atoms with Crippen molar-refractivity contribution >= 4 is 17.5 Å². The summed E-state index contributed by atoms with van der Waals surface area (Å²) < 4.78 is 1.54. The number of hydrazine groups is 1. The Morgan fingerprint density at radius 3 is 2.21 bits per heavy atom. The molecular weight excluding hydrogens is 424 g/mol. The van der Waals surface area contributed by atoms with Crippen molar-refractivity contribution in [1.29, 1.82) is 0 Å². The summed E-state index contributed by atoms with van der Waals surface area (Å²) in [5.74, 6) is -1.04. The zero-order chi connectivity index (χ0) is 23.2. The van der Waals surface area contributed by atoms with Gasteiger partial charge in [0.2, 0.25) is 11.7 Å². The number of nitro groups is 1. The summed E-state index contributed by atoms with van der Waals surface area (Å²) in [6, 6.07) is 24.4. The van der Waals surface area contributed by atoms with E-state index in [1.807, 2.05) is 60.7 Å². The summed E-state index contributed by atoms with van der Waals surface area (Å²) in [6.45, 7) is 0. The van der Waals surface area contributed by atoms with Gasteiger partial charge in [-0.05, 0) is 12.1 Å². The van der Waals surface area contributed by atoms with E-state index in [0.29, 0.717) is 11.5 Å². The van der Waals surface area contributed by atoms with Gasteiger partial charge in [0.15, 0.2) is 5.82 Å². The molecule has 0 atom stereocenters. The lowest BCUT2D eigenvalue weighted by atomic mass is 10.1. The lowest BCUT2D eigenvalue weighted by molar-refractivity contribution is -0.385. The maximum absolute atomic E-state index is 12.6. The van der Waals surface area contributed by atoms with Gasteiger partial charge in [0.05, 0.1) is 17.0 Å². The summed E-state index contributed by atoms with van der Waals surface area (Å²) in [6.07, 6.45) is -0.279. The Hall–Kier alpha value is -4.86. The number of hydrogen-bond acceptors (Lipinski definition) is 6. The van der Waals surface area contributed by atoms with Gasteiger partial charge in [0.1, 0.15) is 0 Å². The SMILES string of the molecule is O=C(Cc1ccccc1[N+](=O)[O-])NNC(=O)c1nc(-c2ccccc2)n(-c2ccccc2)n1. The second-order valence-corrected chi connectivity index (χ2v) is 6.94. The van der Waals surface area contributed by atoms with Crippen LogP contribution >= 0.6 is 0 Å². The molecule has 164 valence electrons. The fourth-order valence-corrected chi connectivity index (χ4v) is 3.17. The number of hydrogen-bond donors (Lipinski definition) is 2. The number of para-hydroxylation sites is 2. The van der Waals surface area contributed by atoms with E-state index in [9.17, 15) is 19.7 Å². The van der Waals surface area contributed by atoms with Crippen molar-refractivity contribution in [2.24, 2.45) is 0 Å². The molecule has 1 aromatic heterocycles. The molecule has 0 aliphatic heterocycles. The highest BCUT2D eigenvalue weighted by Crippen LogP contribution is 2.21. The van der Waals surface area contributed by atoms with Gasteiger partial charge in [-0.25, -0.2) is 9.67 Å². The van der Waals surface area contributed by atoms with Crippen molar-refractivity contribution in [2.45, 2.75) is 6.42 Å². The summed E-state index contributed by atoms with van der Waals surface area (Å²) >= 11 is 0. The number of rotatable bonds is 6. The third kappa shape index (κ3) is 4.90. The van der Waals surface area contributed by atoms with Crippen LogP contribution in [-0.2, 0) is 11.2 Å². The first kappa shape index (κ1) is 21.4. The number of carbonyl (C=O) groups is 2. The zero-order valence-corrected chi connectivity index (χ0v) is 17.2. The van der Waals surface area contributed by atoms with Crippen LogP contribution < -0.4 is 10.9 Å². The molecule has 0 spiro atoms. The summed E-state index contributed by atoms with van der Waals surface area (Å²) in [7, 11) is 0. The molecule has 0 aliphatic carbocycles. The molecular formula is C23H18N6O4. The molecule has 0 saturated heterocycles. The molecule has 2 amide bonds. The second kappa shape index (κ2) is 9.52. The van der Waals surface area contributed by atoms with Gasteiger partial charge in [-0.15, -0.1) is 5.10 Å². The maximum atomic E-state index is 12.6. The number of amides is 2. The Balaban J connectivity index is 1.51. The highest BCUT2D eigenvalue weighted by molar-refractivity contribution is 5.93. The molecule has 0 unspecified atom stereocenters. The van der Waals surface area contributed by atoms with E-state index in [2.05, 4.69) is 20.9 Å². The van der Waals surface area contributed by atoms with E-state index in [1.54, 1.807) is 10.7 Å². The minimum absolute atomic E-state index is 0.149. The molecule has 33 heavy (non-hydrogen) atoms. The fourth-order valence-electron chi connectivity index (χ4n) is 3.17. The van der Waals surface area contributed by atoms with Gasteiger partial charge < -0.3 is 0 Å². The van der Waals surface area contributed by atoms with Gasteiger partial charge in [-0.3, -0.25) is 30.6 Å². The van der Waals surface area contributed by atoms with Crippen molar-refractivity contribution in [2.75, 3.05) is 0 Å². The van der Waals surface area contributed by atoms with Crippen LogP contribution in [0.2, 0.25) is 0 Å². The highest BCUT2D eigenvalue weighted by atomic mass is 16.6. The van der Waals surface area contributed by atoms with Crippen LogP contribution in [0, 0.1) is 10.1 Å². The van der Waals surface area contributed by atoms with Crippen LogP contribution in [0.15, 0.2) is 84.9 Å². The second-order valence-electron chi connectivity index (χ2n) is 6.94. The molecule has 0 fully saturated rings. The van der Waals surface area contributed by atoms with Gasteiger partial charge in [0, 0.05) is 17.2 Å². The van der Waals surface area contributed by atoms with Crippen molar-refractivity contribution in [3.63, 3.8) is 0 Å². The molecule has 1 heterocycles. The van der Waals surface area contributed by atoms with E-state index < -0.39 is 16.7 Å². The van der Waals surface area contributed by atoms with E-state index in [-0.39, 0.29) is 23.5 Å². The number of nitro benzene ring substituents is 1. The molecule has 0 saturated carbocycles. The Morgan fingerprint density at radius 1 is 0.879 bits per heavy atom. The van der Waals surface area contributed by atoms with Crippen molar-refractivity contribution in [3.8, 4) is 17.1 Å². The third-order valence-electron chi connectivity index (χ3n) is 4.70. The molecule has 0 radical (unpaired) electrons. The van der Waals surface area contributed by atoms with Gasteiger partial charge >= 0.3 is 5.91 Å². The van der Waals surface area contributed by atoms with E-state index in [4.69, 9.17) is 0 Å². The summed E-state index contributed by atoms with van der Waals surface area (Å²) in [5, 5.41) is 15.4. The van der Waals surface area contributed by atoms with E-state index in [0.717, 1.165) is 5.56 Å². The van der Waals surface area contributed by atoms with Gasteiger partial charge in [-0.1, -0.05) is 66.7 Å². The summed E-state index contributed by atoms with van der Waals surface area (Å²) in [5.41, 5.74) is 6.04. The zero-order valence-electron chi connectivity index (χ0n) is 17.2. The molecule has 0 aliphatic rings. The normalized spacial score (nSPS) is 10.4. The predicted molar refractivity (Wildman–Crippen MR) is 119 cm³/mol. The highest BCUT2D eigenvalue weighted by Gasteiger charge is 2.20. The number of nitrogens with zero attached hydrogens (tertiary/aromatic N) is 4. The van der Waals surface area contributed by atoms with E-state index >= 15 is 0 Å². The van der Waals surface area contributed by atoms with E-state index in [1.165, 1.54) is 18.2 Å². The van der Waals surface area contributed by atoms with Crippen LogP contribution in [0.25, 0.3) is 17.1 Å². The molecule has 3 aromatic carbocycles. The largest absolute Gasteiger partial charge is 0.309 e. The molecule has 10 heteroatoms. The van der Waals surface area contributed by atoms with Crippen LogP contribution in [0.1, 0.15) is 16.2 Å². The van der Waals surface area contributed by atoms with Gasteiger partial charge in [-0.2, -0.15) is 0 Å². The van der Waals surface area contributed by atoms with Crippen molar-refractivity contribution < 1.29 is 14.5 Å². The van der Waals surface area contributed by atoms with Crippen LogP contribution in [0.4, 0.5) is 5.69 Å². The maximum Gasteiger partial charge on any atom is 0.309 e. The number of carbonyl (C=O) groups excluding carboxylic acids is 2. The fraction of sp³-hybridized carbons (Fsp3) is 0.0435.